The lowest BCUT2D eigenvalue weighted by Gasteiger charge is -2.09. The normalized spacial score (nSPS) is 10.7. The molecule has 0 fully saturated rings. The molecule has 0 radical (unpaired) electrons. The Balaban J connectivity index is 1.91. The second-order valence-electron chi connectivity index (χ2n) is 4.81. The van der Waals surface area contributed by atoms with Gasteiger partial charge in [-0.25, -0.2) is 9.97 Å². The van der Waals surface area contributed by atoms with Gasteiger partial charge in [0.25, 0.3) is 0 Å². The maximum Gasteiger partial charge on any atom is 0.303 e. The van der Waals surface area contributed by atoms with Crippen LogP contribution in [-0.2, 0) is 4.79 Å². The minimum atomic E-state index is -0.800. The molecule has 112 valence electrons. The van der Waals surface area contributed by atoms with Crippen molar-refractivity contribution in [1.29, 1.82) is 0 Å². The molecule has 0 aliphatic heterocycles. The Morgan fingerprint density at radius 1 is 1.18 bits per heavy atom. The first-order valence-electron chi connectivity index (χ1n) is 7.00. The third kappa shape index (κ3) is 3.06. The molecule has 3 aromatic rings. The predicted molar refractivity (Wildman–Crippen MR) is 82.6 cm³/mol. The maximum atomic E-state index is 10.6. The van der Waals surface area contributed by atoms with Crippen molar-refractivity contribution in [2.75, 3.05) is 11.9 Å². The third-order valence-electron chi connectivity index (χ3n) is 3.20. The maximum absolute atomic E-state index is 10.6. The Morgan fingerprint density at radius 3 is 2.82 bits per heavy atom. The van der Waals surface area contributed by atoms with Crippen molar-refractivity contribution in [3.05, 3.63) is 42.7 Å². The lowest BCUT2D eigenvalue weighted by molar-refractivity contribution is -0.137. The van der Waals surface area contributed by atoms with Gasteiger partial charge >= 0.3 is 5.97 Å². The molecule has 2 aromatic heterocycles. The monoisotopic (exact) mass is 297 g/mol. The molecular weight excluding hydrogens is 282 g/mol. The summed E-state index contributed by atoms with van der Waals surface area (Å²) in [5.41, 5.74) is 0.810. The molecule has 0 spiro atoms. The number of hydrogen-bond donors (Lipinski definition) is 2. The van der Waals surface area contributed by atoms with Crippen molar-refractivity contribution in [3.63, 3.8) is 0 Å². The Bertz CT molecular complexity index is 784. The summed E-state index contributed by atoms with van der Waals surface area (Å²) in [6, 6.07) is 11.3. The quantitative estimate of drug-likeness (QED) is 0.679. The van der Waals surface area contributed by atoms with Gasteiger partial charge in [0.05, 0.1) is 11.8 Å². The largest absolute Gasteiger partial charge is 0.481 e. The fourth-order valence-electron chi connectivity index (χ4n) is 2.17. The Morgan fingerprint density at radius 2 is 2.05 bits per heavy atom. The van der Waals surface area contributed by atoms with Crippen LogP contribution in [0.3, 0.4) is 0 Å². The molecule has 0 atom stereocenters. The van der Waals surface area contributed by atoms with Crippen molar-refractivity contribution < 1.29 is 14.3 Å². The SMILES string of the molecule is O=C(O)CCCNc1nc(-c2ccco2)nc2ccccc12. The summed E-state index contributed by atoms with van der Waals surface area (Å²) >= 11 is 0. The number of aromatic nitrogens is 2. The van der Waals surface area contributed by atoms with Crippen molar-refractivity contribution in [2.24, 2.45) is 0 Å². The van der Waals surface area contributed by atoms with Gasteiger partial charge in [0.1, 0.15) is 5.82 Å². The molecule has 0 aliphatic rings. The first kappa shape index (κ1) is 14.1. The van der Waals surface area contributed by atoms with Gasteiger partial charge in [-0.1, -0.05) is 12.1 Å². The number of carboxylic acids is 1. The minimum absolute atomic E-state index is 0.126. The van der Waals surface area contributed by atoms with Crippen LogP contribution in [0.1, 0.15) is 12.8 Å². The van der Waals surface area contributed by atoms with E-state index in [0.29, 0.717) is 30.4 Å². The number of hydrogen-bond acceptors (Lipinski definition) is 5. The fraction of sp³-hybridized carbons (Fsp3) is 0.188. The number of benzene rings is 1. The van der Waals surface area contributed by atoms with Crippen LogP contribution in [0.4, 0.5) is 5.82 Å². The zero-order valence-corrected chi connectivity index (χ0v) is 11.8. The van der Waals surface area contributed by atoms with Gasteiger partial charge in [-0.05, 0) is 30.7 Å². The number of anilines is 1. The summed E-state index contributed by atoms with van der Waals surface area (Å²) in [5, 5.41) is 12.8. The van der Waals surface area contributed by atoms with Crippen molar-refractivity contribution in [1.82, 2.24) is 9.97 Å². The van der Waals surface area contributed by atoms with E-state index in [2.05, 4.69) is 15.3 Å². The number of furan rings is 1. The number of carbonyl (C=O) groups is 1. The summed E-state index contributed by atoms with van der Waals surface area (Å²) in [5.74, 6) is 0.983. The number of fused-ring (bicyclic) bond motifs is 1. The summed E-state index contributed by atoms with van der Waals surface area (Å²) < 4.78 is 5.35. The second kappa shape index (κ2) is 6.26. The zero-order valence-electron chi connectivity index (χ0n) is 11.8. The lowest BCUT2D eigenvalue weighted by Crippen LogP contribution is -2.07. The summed E-state index contributed by atoms with van der Waals surface area (Å²) in [7, 11) is 0. The highest BCUT2D eigenvalue weighted by Crippen LogP contribution is 2.25. The Labute approximate surface area is 126 Å². The van der Waals surface area contributed by atoms with Crippen LogP contribution in [0.2, 0.25) is 0 Å². The van der Waals surface area contributed by atoms with Crippen LogP contribution in [0, 0.1) is 0 Å². The van der Waals surface area contributed by atoms with E-state index >= 15 is 0 Å². The van der Waals surface area contributed by atoms with E-state index in [9.17, 15) is 4.79 Å². The summed E-state index contributed by atoms with van der Waals surface area (Å²) in [6.45, 7) is 0.533. The molecule has 0 saturated carbocycles. The zero-order chi connectivity index (χ0) is 15.4. The van der Waals surface area contributed by atoms with Gasteiger partial charge in [-0.15, -0.1) is 0 Å². The minimum Gasteiger partial charge on any atom is -0.481 e. The Kier molecular flexibility index (Phi) is 4.00. The van der Waals surface area contributed by atoms with Gasteiger partial charge in [-0.2, -0.15) is 0 Å². The van der Waals surface area contributed by atoms with Gasteiger partial charge in [-0.3, -0.25) is 4.79 Å². The van der Waals surface area contributed by atoms with E-state index in [-0.39, 0.29) is 6.42 Å². The van der Waals surface area contributed by atoms with E-state index in [1.54, 1.807) is 18.4 Å². The number of nitrogens with zero attached hydrogens (tertiary/aromatic N) is 2. The van der Waals surface area contributed by atoms with Gasteiger partial charge < -0.3 is 14.8 Å². The van der Waals surface area contributed by atoms with E-state index in [0.717, 1.165) is 10.9 Å². The van der Waals surface area contributed by atoms with Crippen LogP contribution in [0.5, 0.6) is 0 Å². The van der Waals surface area contributed by atoms with Crippen LogP contribution in [0.15, 0.2) is 47.1 Å². The molecule has 0 saturated heterocycles. The number of carboxylic acid groups (broad SMARTS) is 1. The molecule has 0 unspecified atom stereocenters. The number of para-hydroxylation sites is 1. The average molecular weight is 297 g/mol. The molecule has 0 aliphatic carbocycles. The average Bonchev–Trinajstić information content (AvgIpc) is 3.05. The molecule has 6 heteroatoms. The summed E-state index contributed by atoms with van der Waals surface area (Å²) in [6.07, 6.45) is 2.23. The molecule has 2 N–H and O–H groups in total. The molecule has 1 aromatic carbocycles. The van der Waals surface area contributed by atoms with E-state index in [1.165, 1.54) is 0 Å². The molecule has 6 nitrogen and oxygen atoms in total. The van der Waals surface area contributed by atoms with Crippen LogP contribution < -0.4 is 5.32 Å². The Hall–Kier alpha value is -2.89. The van der Waals surface area contributed by atoms with Crippen molar-refractivity contribution in [2.45, 2.75) is 12.8 Å². The first-order chi connectivity index (χ1) is 10.7. The molecule has 2 heterocycles. The van der Waals surface area contributed by atoms with Gasteiger partial charge in [0, 0.05) is 18.4 Å². The molecule has 22 heavy (non-hydrogen) atoms. The van der Waals surface area contributed by atoms with Crippen LogP contribution in [0.25, 0.3) is 22.5 Å². The first-order valence-corrected chi connectivity index (χ1v) is 7.00. The topological polar surface area (TPSA) is 88.2 Å². The highest BCUT2D eigenvalue weighted by atomic mass is 16.4. The van der Waals surface area contributed by atoms with E-state index < -0.39 is 5.97 Å². The van der Waals surface area contributed by atoms with E-state index in [1.807, 2.05) is 24.3 Å². The standard InChI is InChI=1S/C16H15N3O3/c20-14(21)8-3-9-17-15-11-5-1-2-6-12(11)18-16(19-15)13-7-4-10-22-13/h1-2,4-7,10H,3,8-9H2,(H,20,21)(H,17,18,19). The number of rotatable bonds is 6. The van der Waals surface area contributed by atoms with Gasteiger partial charge in [0.15, 0.2) is 11.6 Å². The van der Waals surface area contributed by atoms with Crippen molar-refractivity contribution >= 4 is 22.7 Å². The highest BCUT2D eigenvalue weighted by Gasteiger charge is 2.10. The highest BCUT2D eigenvalue weighted by molar-refractivity contribution is 5.90. The van der Waals surface area contributed by atoms with Crippen LogP contribution >= 0.6 is 0 Å². The van der Waals surface area contributed by atoms with Crippen LogP contribution in [-0.4, -0.2) is 27.6 Å². The third-order valence-corrected chi connectivity index (χ3v) is 3.20. The molecular formula is C16H15N3O3. The molecule has 3 rings (SSSR count). The number of nitrogens with one attached hydrogen (secondary N) is 1. The number of aliphatic carboxylic acids is 1. The summed E-state index contributed by atoms with van der Waals surface area (Å²) in [4.78, 5) is 19.6. The van der Waals surface area contributed by atoms with Gasteiger partial charge in [0.2, 0.25) is 0 Å². The second-order valence-corrected chi connectivity index (χ2v) is 4.81. The van der Waals surface area contributed by atoms with Crippen molar-refractivity contribution in [3.8, 4) is 11.6 Å². The molecule has 0 amide bonds. The smallest absolute Gasteiger partial charge is 0.303 e. The fourth-order valence-corrected chi connectivity index (χ4v) is 2.17. The molecule has 0 bridgehead atoms. The lowest BCUT2D eigenvalue weighted by atomic mass is 10.2. The predicted octanol–water partition coefficient (Wildman–Crippen LogP) is 3.17. The van der Waals surface area contributed by atoms with E-state index in [4.69, 9.17) is 9.52 Å².